The highest BCUT2D eigenvalue weighted by Gasteiger charge is 2.02. The zero-order valence-electron chi connectivity index (χ0n) is 14.1. The van der Waals surface area contributed by atoms with E-state index in [4.69, 9.17) is 9.47 Å². The Morgan fingerprint density at radius 3 is 2.79 bits per heavy atom. The molecule has 0 fully saturated rings. The Hall–Kier alpha value is -2.75. The minimum atomic E-state index is -0.202. The Morgan fingerprint density at radius 2 is 2.00 bits per heavy atom. The maximum Gasteiger partial charge on any atom is 0.248 e. The Kier molecular flexibility index (Phi) is 6.90. The molecule has 2 aromatic carbocycles. The molecule has 0 aromatic heterocycles. The molecule has 0 radical (unpaired) electrons. The van der Waals surface area contributed by atoms with E-state index >= 15 is 0 Å². The summed E-state index contributed by atoms with van der Waals surface area (Å²) in [4.78, 5) is 12.1. The highest BCUT2D eigenvalue weighted by molar-refractivity contribution is 6.02. The maximum absolute atomic E-state index is 12.1. The maximum atomic E-state index is 12.1. The number of carbonyl (C=O) groups excluding carboxylic acids is 1. The molecule has 4 heteroatoms. The lowest BCUT2D eigenvalue weighted by molar-refractivity contribution is -0.111. The number of amides is 1. The van der Waals surface area contributed by atoms with E-state index < -0.39 is 0 Å². The quantitative estimate of drug-likeness (QED) is 0.573. The molecule has 0 aliphatic carbocycles. The van der Waals surface area contributed by atoms with Crippen molar-refractivity contribution in [2.24, 2.45) is 0 Å². The fourth-order valence-electron chi connectivity index (χ4n) is 2.15. The van der Waals surface area contributed by atoms with Gasteiger partial charge < -0.3 is 14.8 Å². The van der Waals surface area contributed by atoms with Gasteiger partial charge in [-0.15, -0.1) is 0 Å². The fraction of sp³-hybridized carbons (Fsp3) is 0.250. The van der Waals surface area contributed by atoms with Crippen LogP contribution in [0.2, 0.25) is 0 Å². The van der Waals surface area contributed by atoms with Crippen LogP contribution in [0.3, 0.4) is 0 Å². The molecule has 4 nitrogen and oxygen atoms in total. The van der Waals surface area contributed by atoms with Gasteiger partial charge in [-0.05, 0) is 30.7 Å². The van der Waals surface area contributed by atoms with Crippen LogP contribution in [0.1, 0.15) is 25.3 Å². The predicted octanol–water partition coefficient (Wildman–Crippen LogP) is 4.53. The number of ether oxygens (including phenoxy) is 2. The van der Waals surface area contributed by atoms with Crippen molar-refractivity contribution >= 4 is 17.7 Å². The van der Waals surface area contributed by atoms with Crippen molar-refractivity contribution in [1.29, 1.82) is 0 Å². The Labute approximate surface area is 143 Å². The van der Waals surface area contributed by atoms with Gasteiger partial charge in [-0.1, -0.05) is 37.6 Å². The van der Waals surface area contributed by atoms with E-state index in [1.165, 1.54) is 6.08 Å². The van der Waals surface area contributed by atoms with Crippen LogP contribution in [0.15, 0.2) is 54.6 Å². The second-order valence-corrected chi connectivity index (χ2v) is 5.29. The number of unbranched alkanes of at least 4 members (excludes halogenated alkanes) is 1. The van der Waals surface area contributed by atoms with Gasteiger partial charge in [-0.25, -0.2) is 0 Å². The number of para-hydroxylation sites is 1. The number of carbonyl (C=O) groups is 1. The molecule has 1 amide bonds. The molecule has 2 rings (SSSR count). The number of hydrogen-bond donors (Lipinski definition) is 1. The van der Waals surface area contributed by atoms with Gasteiger partial charge in [0.1, 0.15) is 11.5 Å². The van der Waals surface area contributed by atoms with Crippen molar-refractivity contribution in [2.75, 3.05) is 19.0 Å². The molecular weight excluding hydrogens is 302 g/mol. The highest BCUT2D eigenvalue weighted by atomic mass is 16.5. The standard InChI is InChI=1S/C20H23NO3/c1-3-4-14-24-18-10-7-9-17(15-18)21-20(22)13-12-16-8-5-6-11-19(16)23-2/h5-13,15H,3-4,14H2,1-2H3,(H,21,22)/b13-12+. The second-order valence-electron chi connectivity index (χ2n) is 5.29. The van der Waals surface area contributed by atoms with Gasteiger partial charge in [0.05, 0.1) is 13.7 Å². The molecule has 0 heterocycles. The molecule has 0 aliphatic rings. The first-order chi connectivity index (χ1) is 11.7. The van der Waals surface area contributed by atoms with Crippen LogP contribution in [0.5, 0.6) is 11.5 Å². The van der Waals surface area contributed by atoms with Crippen LogP contribution in [0.4, 0.5) is 5.69 Å². The molecule has 24 heavy (non-hydrogen) atoms. The summed E-state index contributed by atoms with van der Waals surface area (Å²) in [5, 5.41) is 2.83. The normalized spacial score (nSPS) is 10.6. The number of nitrogens with one attached hydrogen (secondary N) is 1. The third-order valence-electron chi connectivity index (χ3n) is 3.42. The SMILES string of the molecule is CCCCOc1cccc(NC(=O)/C=C/c2ccccc2OC)c1. The molecule has 0 saturated carbocycles. The average Bonchev–Trinajstić information content (AvgIpc) is 2.61. The minimum Gasteiger partial charge on any atom is -0.496 e. The third-order valence-corrected chi connectivity index (χ3v) is 3.42. The van der Waals surface area contributed by atoms with E-state index in [2.05, 4.69) is 12.2 Å². The highest BCUT2D eigenvalue weighted by Crippen LogP contribution is 2.20. The predicted molar refractivity (Wildman–Crippen MR) is 97.5 cm³/mol. The molecule has 0 spiro atoms. The number of rotatable bonds is 8. The Balaban J connectivity index is 1.96. The largest absolute Gasteiger partial charge is 0.496 e. The van der Waals surface area contributed by atoms with Gasteiger partial charge >= 0.3 is 0 Å². The van der Waals surface area contributed by atoms with Gasteiger partial charge in [0.15, 0.2) is 0 Å². The molecule has 0 atom stereocenters. The number of anilines is 1. The van der Waals surface area contributed by atoms with E-state index in [1.54, 1.807) is 13.2 Å². The van der Waals surface area contributed by atoms with E-state index in [0.29, 0.717) is 12.3 Å². The molecule has 1 N–H and O–H groups in total. The summed E-state index contributed by atoms with van der Waals surface area (Å²) >= 11 is 0. The van der Waals surface area contributed by atoms with Crippen LogP contribution in [-0.2, 0) is 4.79 Å². The average molecular weight is 325 g/mol. The first-order valence-electron chi connectivity index (χ1n) is 8.08. The minimum absolute atomic E-state index is 0.202. The summed E-state index contributed by atoms with van der Waals surface area (Å²) in [5.41, 5.74) is 1.56. The first-order valence-corrected chi connectivity index (χ1v) is 8.08. The molecule has 0 saturated heterocycles. The molecule has 0 bridgehead atoms. The lowest BCUT2D eigenvalue weighted by atomic mass is 10.2. The summed E-state index contributed by atoms with van der Waals surface area (Å²) in [6, 6.07) is 14.9. The van der Waals surface area contributed by atoms with Crippen molar-refractivity contribution in [3.63, 3.8) is 0 Å². The van der Waals surface area contributed by atoms with E-state index in [9.17, 15) is 4.79 Å². The van der Waals surface area contributed by atoms with Crippen molar-refractivity contribution in [3.8, 4) is 11.5 Å². The van der Waals surface area contributed by atoms with E-state index in [0.717, 1.165) is 29.9 Å². The topological polar surface area (TPSA) is 47.6 Å². The number of hydrogen-bond acceptors (Lipinski definition) is 3. The van der Waals surface area contributed by atoms with Crippen LogP contribution in [0.25, 0.3) is 6.08 Å². The molecule has 2 aromatic rings. The van der Waals surface area contributed by atoms with Gasteiger partial charge in [0.25, 0.3) is 0 Å². The zero-order valence-corrected chi connectivity index (χ0v) is 14.1. The molecule has 0 unspecified atom stereocenters. The summed E-state index contributed by atoms with van der Waals surface area (Å²) in [6.45, 7) is 2.80. The fourth-order valence-corrected chi connectivity index (χ4v) is 2.15. The summed E-state index contributed by atoms with van der Waals surface area (Å²) in [7, 11) is 1.61. The lowest BCUT2D eigenvalue weighted by Gasteiger charge is -2.08. The van der Waals surface area contributed by atoms with Gasteiger partial charge in [-0.3, -0.25) is 4.79 Å². The molecule has 0 aliphatic heterocycles. The van der Waals surface area contributed by atoms with E-state index in [-0.39, 0.29) is 5.91 Å². The van der Waals surface area contributed by atoms with Crippen molar-refractivity contribution in [1.82, 2.24) is 0 Å². The van der Waals surface area contributed by atoms with Gasteiger partial charge in [-0.2, -0.15) is 0 Å². The zero-order chi connectivity index (χ0) is 17.2. The Morgan fingerprint density at radius 1 is 1.17 bits per heavy atom. The Bertz CT molecular complexity index is 695. The molecular formula is C20H23NO3. The number of benzene rings is 2. The first kappa shape index (κ1) is 17.6. The summed E-state index contributed by atoms with van der Waals surface area (Å²) in [6.07, 6.45) is 5.32. The summed E-state index contributed by atoms with van der Waals surface area (Å²) in [5.74, 6) is 1.29. The van der Waals surface area contributed by atoms with Crippen LogP contribution in [-0.4, -0.2) is 19.6 Å². The van der Waals surface area contributed by atoms with Gasteiger partial charge in [0, 0.05) is 23.4 Å². The van der Waals surface area contributed by atoms with E-state index in [1.807, 2.05) is 48.5 Å². The van der Waals surface area contributed by atoms with Gasteiger partial charge in [0.2, 0.25) is 5.91 Å². The van der Waals surface area contributed by atoms with Crippen molar-refractivity contribution < 1.29 is 14.3 Å². The smallest absolute Gasteiger partial charge is 0.248 e. The van der Waals surface area contributed by atoms with Crippen LogP contribution < -0.4 is 14.8 Å². The molecule has 126 valence electrons. The lowest BCUT2D eigenvalue weighted by Crippen LogP contribution is -2.08. The monoisotopic (exact) mass is 325 g/mol. The second kappa shape index (κ2) is 9.40. The summed E-state index contributed by atoms with van der Waals surface area (Å²) < 4.78 is 10.9. The van der Waals surface area contributed by atoms with Crippen LogP contribution in [0, 0.1) is 0 Å². The van der Waals surface area contributed by atoms with Crippen LogP contribution >= 0.6 is 0 Å². The number of methoxy groups -OCH3 is 1. The third kappa shape index (κ3) is 5.47. The van der Waals surface area contributed by atoms with Crippen molar-refractivity contribution in [2.45, 2.75) is 19.8 Å². The van der Waals surface area contributed by atoms with Crippen molar-refractivity contribution in [3.05, 3.63) is 60.2 Å².